The summed E-state index contributed by atoms with van der Waals surface area (Å²) >= 11 is 0. The number of nitrogens with one attached hydrogen (secondary N) is 1. The van der Waals surface area contributed by atoms with E-state index in [1.165, 1.54) is 0 Å². The molecule has 0 saturated heterocycles. The Morgan fingerprint density at radius 1 is 1.30 bits per heavy atom. The van der Waals surface area contributed by atoms with Gasteiger partial charge >= 0.3 is 6.01 Å². The van der Waals surface area contributed by atoms with Gasteiger partial charge in [0.15, 0.2) is 5.75 Å². The van der Waals surface area contributed by atoms with E-state index in [0.717, 1.165) is 0 Å². The molecule has 2 rings (SSSR count). The number of nitrogen functional groups attached to an aromatic ring is 1. The number of aromatic nitrogens is 5. The Morgan fingerprint density at radius 3 is 2.60 bits per heavy atom. The Labute approximate surface area is 116 Å². The van der Waals surface area contributed by atoms with Gasteiger partial charge in [0.1, 0.15) is 0 Å². The number of rotatable bonds is 5. The van der Waals surface area contributed by atoms with Crippen molar-refractivity contribution in [1.29, 1.82) is 0 Å². The van der Waals surface area contributed by atoms with Crippen LogP contribution in [0.4, 0.5) is 11.9 Å². The predicted octanol–water partition coefficient (Wildman–Crippen LogP) is 0.793. The number of hydrogen-bond acceptors (Lipinski definition) is 8. The van der Waals surface area contributed by atoms with Gasteiger partial charge in [0.05, 0.1) is 12.4 Å². The summed E-state index contributed by atoms with van der Waals surface area (Å²) in [6.45, 7) is 4.06. The molecule has 0 aromatic carbocycles. The van der Waals surface area contributed by atoms with Gasteiger partial charge in [-0.1, -0.05) is 0 Å². The largest absolute Gasteiger partial charge is 0.421 e. The molecule has 2 aromatic heterocycles. The molecule has 0 atom stereocenters. The summed E-state index contributed by atoms with van der Waals surface area (Å²) in [6.07, 6.45) is 3.38. The van der Waals surface area contributed by atoms with Crippen LogP contribution in [0.25, 0.3) is 0 Å². The number of nitrogens with two attached hydrogens (primary N) is 1. The second-order valence-corrected chi connectivity index (χ2v) is 4.63. The second kappa shape index (κ2) is 5.70. The van der Waals surface area contributed by atoms with Crippen LogP contribution in [0, 0.1) is 0 Å². The predicted molar refractivity (Wildman–Crippen MR) is 74.7 cm³/mol. The van der Waals surface area contributed by atoms with Crippen LogP contribution in [0.5, 0.6) is 11.8 Å². The van der Waals surface area contributed by atoms with Crippen molar-refractivity contribution in [2.45, 2.75) is 19.9 Å². The van der Waals surface area contributed by atoms with Gasteiger partial charge in [0.2, 0.25) is 11.9 Å². The van der Waals surface area contributed by atoms with E-state index in [-0.39, 0.29) is 18.0 Å². The van der Waals surface area contributed by atoms with Gasteiger partial charge in [0.25, 0.3) is 0 Å². The zero-order valence-electron chi connectivity index (χ0n) is 11.9. The molecule has 9 nitrogen and oxygen atoms in total. The van der Waals surface area contributed by atoms with Gasteiger partial charge in [-0.15, -0.1) is 0 Å². The van der Waals surface area contributed by atoms with Crippen LogP contribution in [0.3, 0.4) is 0 Å². The van der Waals surface area contributed by atoms with Crippen LogP contribution in [0.2, 0.25) is 0 Å². The molecule has 0 amide bonds. The Kier molecular flexibility index (Phi) is 3.99. The van der Waals surface area contributed by atoms with Crippen molar-refractivity contribution in [3.8, 4) is 11.8 Å². The van der Waals surface area contributed by atoms with Crippen molar-refractivity contribution < 1.29 is 4.74 Å². The highest BCUT2D eigenvalue weighted by molar-refractivity contribution is 5.36. The van der Waals surface area contributed by atoms with Gasteiger partial charge < -0.3 is 9.64 Å². The SMILES string of the molecule is CC(C)n1cc(Oc2nc(NN)nc(N(C)C)n2)cn1. The number of hydrazine groups is 1. The summed E-state index contributed by atoms with van der Waals surface area (Å²) in [7, 11) is 3.63. The monoisotopic (exact) mass is 278 g/mol. The van der Waals surface area contributed by atoms with Gasteiger partial charge in [0, 0.05) is 20.1 Å². The minimum atomic E-state index is 0.153. The lowest BCUT2D eigenvalue weighted by molar-refractivity contribution is 0.438. The van der Waals surface area contributed by atoms with Crippen LogP contribution in [-0.2, 0) is 0 Å². The highest BCUT2D eigenvalue weighted by atomic mass is 16.5. The molecule has 0 fully saturated rings. The van der Waals surface area contributed by atoms with Crippen LogP contribution in [0.1, 0.15) is 19.9 Å². The summed E-state index contributed by atoms with van der Waals surface area (Å²) in [5, 5.41) is 4.18. The van der Waals surface area contributed by atoms with E-state index in [1.54, 1.807) is 22.0 Å². The summed E-state index contributed by atoms with van der Waals surface area (Å²) < 4.78 is 7.36. The lowest BCUT2D eigenvalue weighted by atomic mass is 10.4. The van der Waals surface area contributed by atoms with Crippen LogP contribution in [0.15, 0.2) is 12.4 Å². The first-order chi connectivity index (χ1) is 9.49. The number of nitrogens with zero attached hydrogens (tertiary/aromatic N) is 6. The topological polar surface area (TPSA) is 107 Å². The first-order valence-electron chi connectivity index (χ1n) is 6.11. The van der Waals surface area contributed by atoms with E-state index < -0.39 is 0 Å². The molecule has 3 N–H and O–H groups in total. The fraction of sp³-hybridized carbons (Fsp3) is 0.455. The van der Waals surface area contributed by atoms with Crippen molar-refractivity contribution in [1.82, 2.24) is 24.7 Å². The molecule has 108 valence electrons. The maximum absolute atomic E-state index is 5.57. The Hall–Kier alpha value is -2.42. The van der Waals surface area contributed by atoms with Crippen molar-refractivity contribution in [3.63, 3.8) is 0 Å². The average molecular weight is 278 g/mol. The maximum atomic E-state index is 5.57. The molecule has 0 radical (unpaired) electrons. The maximum Gasteiger partial charge on any atom is 0.328 e. The molecule has 0 aliphatic rings. The normalized spacial score (nSPS) is 10.7. The van der Waals surface area contributed by atoms with Crippen LogP contribution < -0.4 is 20.9 Å². The Balaban J connectivity index is 2.25. The van der Waals surface area contributed by atoms with E-state index in [1.807, 2.05) is 27.9 Å². The molecule has 0 saturated carbocycles. The standard InChI is InChI=1S/C11H18N8O/c1-7(2)19-6-8(5-13-19)20-11-15-9(17-12)14-10(16-11)18(3)4/h5-7H,12H2,1-4H3,(H,14,15,16,17). The molecular weight excluding hydrogens is 260 g/mol. The van der Waals surface area contributed by atoms with E-state index in [9.17, 15) is 0 Å². The Morgan fingerprint density at radius 2 is 2.05 bits per heavy atom. The van der Waals surface area contributed by atoms with Crippen molar-refractivity contribution in [2.24, 2.45) is 5.84 Å². The fourth-order valence-corrected chi connectivity index (χ4v) is 1.42. The molecule has 2 heterocycles. The lowest BCUT2D eigenvalue weighted by Crippen LogP contribution is -2.17. The third-order valence-electron chi connectivity index (χ3n) is 2.45. The van der Waals surface area contributed by atoms with Crippen LogP contribution >= 0.6 is 0 Å². The third-order valence-corrected chi connectivity index (χ3v) is 2.45. The van der Waals surface area contributed by atoms with Crippen LogP contribution in [-0.4, -0.2) is 38.8 Å². The molecule has 0 aliphatic carbocycles. The number of anilines is 2. The van der Waals surface area contributed by atoms with Crippen molar-refractivity contribution >= 4 is 11.9 Å². The first kappa shape index (κ1) is 14.0. The zero-order valence-corrected chi connectivity index (χ0v) is 11.9. The molecule has 0 bridgehead atoms. The quantitative estimate of drug-likeness (QED) is 0.610. The summed E-state index contributed by atoms with van der Waals surface area (Å²) in [4.78, 5) is 14.0. The van der Waals surface area contributed by atoms with Crippen molar-refractivity contribution in [3.05, 3.63) is 12.4 Å². The van der Waals surface area contributed by atoms with Crippen molar-refractivity contribution in [2.75, 3.05) is 24.4 Å². The third kappa shape index (κ3) is 3.12. The lowest BCUT2D eigenvalue weighted by Gasteiger charge is -2.11. The highest BCUT2D eigenvalue weighted by Gasteiger charge is 2.11. The van der Waals surface area contributed by atoms with E-state index in [4.69, 9.17) is 10.6 Å². The Bertz CT molecular complexity index is 580. The van der Waals surface area contributed by atoms with Gasteiger partial charge in [-0.3, -0.25) is 10.1 Å². The van der Waals surface area contributed by atoms with Gasteiger partial charge in [-0.25, -0.2) is 5.84 Å². The molecule has 0 spiro atoms. The highest BCUT2D eigenvalue weighted by Crippen LogP contribution is 2.20. The fourth-order valence-electron chi connectivity index (χ4n) is 1.42. The molecule has 0 aliphatic heterocycles. The number of ether oxygens (including phenoxy) is 1. The zero-order chi connectivity index (χ0) is 14.7. The molecule has 20 heavy (non-hydrogen) atoms. The summed E-state index contributed by atoms with van der Waals surface area (Å²) in [5.41, 5.74) is 2.38. The van der Waals surface area contributed by atoms with E-state index >= 15 is 0 Å². The first-order valence-corrected chi connectivity index (χ1v) is 6.11. The van der Waals surface area contributed by atoms with E-state index in [2.05, 4.69) is 25.5 Å². The van der Waals surface area contributed by atoms with Gasteiger partial charge in [-0.2, -0.15) is 20.1 Å². The molecule has 0 unspecified atom stereocenters. The molecular formula is C11H18N8O. The molecule has 9 heteroatoms. The molecule has 2 aromatic rings. The average Bonchev–Trinajstić information content (AvgIpc) is 2.87. The second-order valence-electron chi connectivity index (χ2n) is 4.63. The summed E-state index contributed by atoms with van der Waals surface area (Å²) in [6, 6.07) is 0.407. The minimum Gasteiger partial charge on any atom is -0.421 e. The number of hydrogen-bond donors (Lipinski definition) is 2. The van der Waals surface area contributed by atoms with E-state index in [0.29, 0.717) is 11.7 Å². The van der Waals surface area contributed by atoms with Gasteiger partial charge in [-0.05, 0) is 13.8 Å². The summed E-state index contributed by atoms with van der Waals surface area (Å²) in [5.74, 6) is 6.56. The smallest absolute Gasteiger partial charge is 0.328 e. The minimum absolute atomic E-state index is 0.153.